The van der Waals surface area contributed by atoms with E-state index in [1.807, 2.05) is 48.5 Å². The van der Waals surface area contributed by atoms with Crippen molar-refractivity contribution < 1.29 is 9.53 Å². The summed E-state index contributed by atoms with van der Waals surface area (Å²) in [4.78, 5) is 12.8. The molecule has 0 unspecified atom stereocenters. The molecule has 0 heterocycles. The summed E-state index contributed by atoms with van der Waals surface area (Å²) < 4.78 is 5.62. The number of ether oxygens (including phenoxy) is 1. The van der Waals surface area contributed by atoms with E-state index >= 15 is 0 Å². The molecule has 2 nitrogen and oxygen atoms in total. The highest BCUT2D eigenvalue weighted by molar-refractivity contribution is 5.99. The Kier molecular flexibility index (Phi) is 4.51. The first-order chi connectivity index (χ1) is 12.3. The van der Waals surface area contributed by atoms with Crippen LogP contribution in [0.25, 0.3) is 10.8 Å². The maximum absolute atomic E-state index is 12.8. The van der Waals surface area contributed by atoms with Crippen molar-refractivity contribution in [3.63, 3.8) is 0 Å². The Morgan fingerprint density at radius 1 is 0.880 bits per heavy atom. The first-order valence-corrected chi connectivity index (χ1v) is 9.05. The van der Waals surface area contributed by atoms with E-state index < -0.39 is 0 Å². The van der Waals surface area contributed by atoms with Crippen molar-refractivity contribution >= 4 is 16.7 Å². The molecule has 25 heavy (non-hydrogen) atoms. The first kappa shape index (κ1) is 15.9. The van der Waals surface area contributed by atoms with Crippen LogP contribution in [0.5, 0.6) is 0 Å². The Bertz CT molecular complexity index is 877. The summed E-state index contributed by atoms with van der Waals surface area (Å²) >= 11 is 0. The Labute approximate surface area is 148 Å². The molecule has 4 rings (SSSR count). The standard InChI is InChI=1S/C23H22O2/c24-23(25-16-17-8-2-1-3-9-17)21-15-14-18-10-6-7-13-20(18)22(21)19-11-4-5-12-19/h1-3,6-10,13-15,19H,4-5,11-12,16H2. The van der Waals surface area contributed by atoms with Gasteiger partial charge in [-0.05, 0) is 46.7 Å². The predicted octanol–water partition coefficient (Wildman–Crippen LogP) is 5.85. The first-order valence-electron chi connectivity index (χ1n) is 9.05. The average molecular weight is 330 g/mol. The molecule has 0 N–H and O–H groups in total. The zero-order valence-corrected chi connectivity index (χ0v) is 14.3. The molecule has 0 aromatic heterocycles. The number of hydrogen-bond acceptors (Lipinski definition) is 2. The second-order valence-electron chi connectivity index (χ2n) is 6.79. The van der Waals surface area contributed by atoms with Crippen molar-refractivity contribution in [2.24, 2.45) is 0 Å². The number of esters is 1. The van der Waals surface area contributed by atoms with Gasteiger partial charge in [0.25, 0.3) is 0 Å². The van der Waals surface area contributed by atoms with Gasteiger partial charge in [-0.25, -0.2) is 4.79 Å². The van der Waals surface area contributed by atoms with E-state index in [0.717, 1.165) is 24.0 Å². The van der Waals surface area contributed by atoms with Crippen molar-refractivity contribution in [2.45, 2.75) is 38.2 Å². The topological polar surface area (TPSA) is 26.3 Å². The van der Waals surface area contributed by atoms with Crippen molar-refractivity contribution in [2.75, 3.05) is 0 Å². The molecule has 1 aliphatic carbocycles. The van der Waals surface area contributed by atoms with Crippen LogP contribution < -0.4 is 0 Å². The largest absolute Gasteiger partial charge is 0.457 e. The van der Waals surface area contributed by atoms with E-state index in [4.69, 9.17) is 4.74 Å². The molecule has 1 saturated carbocycles. The quantitative estimate of drug-likeness (QED) is 0.560. The Morgan fingerprint density at radius 3 is 2.40 bits per heavy atom. The molecule has 0 amide bonds. The highest BCUT2D eigenvalue weighted by Gasteiger charge is 2.25. The molecule has 126 valence electrons. The van der Waals surface area contributed by atoms with Crippen molar-refractivity contribution in [1.82, 2.24) is 0 Å². The number of benzene rings is 3. The number of fused-ring (bicyclic) bond motifs is 1. The molecule has 0 aliphatic heterocycles. The van der Waals surface area contributed by atoms with Gasteiger partial charge < -0.3 is 4.74 Å². The fourth-order valence-electron chi connectivity index (χ4n) is 3.93. The zero-order valence-electron chi connectivity index (χ0n) is 14.3. The van der Waals surface area contributed by atoms with Gasteiger partial charge in [0.1, 0.15) is 6.61 Å². The van der Waals surface area contributed by atoms with E-state index in [2.05, 4.69) is 18.2 Å². The van der Waals surface area contributed by atoms with Crippen LogP contribution in [0.15, 0.2) is 66.7 Å². The minimum absolute atomic E-state index is 0.212. The molecule has 1 fully saturated rings. The molecule has 3 aromatic rings. The minimum atomic E-state index is -0.212. The normalized spacial score (nSPS) is 14.7. The van der Waals surface area contributed by atoms with Crippen molar-refractivity contribution in [3.8, 4) is 0 Å². The van der Waals surface area contributed by atoms with Gasteiger partial charge in [-0.1, -0.05) is 73.5 Å². The van der Waals surface area contributed by atoms with Gasteiger partial charge in [0.15, 0.2) is 0 Å². The molecule has 0 atom stereocenters. The van der Waals surface area contributed by atoms with Crippen molar-refractivity contribution in [3.05, 3.63) is 83.4 Å². The molecule has 3 aromatic carbocycles. The molecule has 1 aliphatic rings. The van der Waals surface area contributed by atoms with Gasteiger partial charge in [0, 0.05) is 0 Å². The second-order valence-corrected chi connectivity index (χ2v) is 6.79. The summed E-state index contributed by atoms with van der Waals surface area (Å²) in [7, 11) is 0. The Hall–Kier alpha value is -2.61. The van der Waals surface area contributed by atoms with Crippen LogP contribution in [-0.2, 0) is 11.3 Å². The van der Waals surface area contributed by atoms with E-state index in [1.54, 1.807) is 0 Å². The van der Waals surface area contributed by atoms with E-state index in [1.165, 1.54) is 29.2 Å². The fourth-order valence-corrected chi connectivity index (χ4v) is 3.93. The van der Waals surface area contributed by atoms with Crippen LogP contribution in [0, 0.1) is 0 Å². The number of rotatable bonds is 4. The van der Waals surface area contributed by atoms with Gasteiger partial charge in [-0.15, -0.1) is 0 Å². The summed E-state index contributed by atoms with van der Waals surface area (Å²) in [6.07, 6.45) is 4.80. The SMILES string of the molecule is O=C(OCc1ccccc1)c1ccc2ccccc2c1C1CCCC1. The van der Waals surface area contributed by atoms with Gasteiger partial charge in [0.2, 0.25) is 0 Å². The number of hydrogen-bond donors (Lipinski definition) is 0. The molecular weight excluding hydrogens is 308 g/mol. The lowest BCUT2D eigenvalue weighted by Crippen LogP contribution is -2.11. The van der Waals surface area contributed by atoms with Crippen LogP contribution in [-0.4, -0.2) is 5.97 Å². The average Bonchev–Trinajstić information content (AvgIpc) is 3.20. The van der Waals surface area contributed by atoms with Crippen LogP contribution >= 0.6 is 0 Å². The van der Waals surface area contributed by atoms with Crippen LogP contribution in [0.2, 0.25) is 0 Å². The summed E-state index contributed by atoms with van der Waals surface area (Å²) in [5.41, 5.74) is 2.94. The maximum atomic E-state index is 12.8. The Balaban J connectivity index is 1.68. The predicted molar refractivity (Wildman–Crippen MR) is 101 cm³/mol. The lowest BCUT2D eigenvalue weighted by molar-refractivity contribution is 0.0471. The zero-order chi connectivity index (χ0) is 17.1. The third kappa shape index (κ3) is 3.30. The van der Waals surface area contributed by atoms with Gasteiger partial charge in [-0.2, -0.15) is 0 Å². The minimum Gasteiger partial charge on any atom is -0.457 e. The van der Waals surface area contributed by atoms with Gasteiger partial charge >= 0.3 is 5.97 Å². The van der Waals surface area contributed by atoms with Gasteiger partial charge in [0.05, 0.1) is 5.56 Å². The van der Waals surface area contributed by atoms with E-state index in [9.17, 15) is 4.79 Å². The highest BCUT2D eigenvalue weighted by Crippen LogP contribution is 2.39. The van der Waals surface area contributed by atoms with E-state index in [0.29, 0.717) is 12.5 Å². The molecule has 2 heteroatoms. The van der Waals surface area contributed by atoms with Crippen LogP contribution in [0.4, 0.5) is 0 Å². The number of carbonyl (C=O) groups excluding carboxylic acids is 1. The highest BCUT2D eigenvalue weighted by atomic mass is 16.5. The lowest BCUT2D eigenvalue weighted by atomic mass is 9.88. The molecule has 0 saturated heterocycles. The second kappa shape index (κ2) is 7.10. The Morgan fingerprint density at radius 2 is 1.60 bits per heavy atom. The molecule has 0 spiro atoms. The third-order valence-corrected chi connectivity index (χ3v) is 5.17. The monoisotopic (exact) mass is 330 g/mol. The van der Waals surface area contributed by atoms with Crippen LogP contribution in [0.3, 0.4) is 0 Å². The molecule has 0 radical (unpaired) electrons. The maximum Gasteiger partial charge on any atom is 0.338 e. The third-order valence-electron chi connectivity index (χ3n) is 5.17. The summed E-state index contributed by atoms with van der Waals surface area (Å²) in [5.74, 6) is 0.252. The smallest absolute Gasteiger partial charge is 0.338 e. The number of carbonyl (C=O) groups is 1. The summed E-state index contributed by atoms with van der Waals surface area (Å²) in [5, 5.41) is 2.40. The molecular formula is C23H22O2. The summed E-state index contributed by atoms with van der Waals surface area (Å²) in [6.45, 7) is 0.316. The summed E-state index contributed by atoms with van der Waals surface area (Å²) in [6, 6.07) is 22.2. The van der Waals surface area contributed by atoms with Crippen molar-refractivity contribution in [1.29, 1.82) is 0 Å². The van der Waals surface area contributed by atoms with Crippen LogP contribution in [0.1, 0.15) is 53.1 Å². The molecule has 0 bridgehead atoms. The van der Waals surface area contributed by atoms with Gasteiger partial charge in [-0.3, -0.25) is 0 Å². The lowest BCUT2D eigenvalue weighted by Gasteiger charge is -2.18. The van der Waals surface area contributed by atoms with E-state index in [-0.39, 0.29) is 5.97 Å². The fraction of sp³-hybridized carbons (Fsp3) is 0.261.